The number of hydrogen-bond acceptors (Lipinski definition) is 3. The fourth-order valence-corrected chi connectivity index (χ4v) is 1.93. The molecular weight excluding hydrogens is 242 g/mol. The molecule has 0 aliphatic carbocycles. The lowest BCUT2D eigenvalue weighted by atomic mass is 9.99. The Bertz CT molecular complexity index is 486. The summed E-state index contributed by atoms with van der Waals surface area (Å²) in [7, 11) is 0. The minimum absolute atomic E-state index is 0.147. The highest BCUT2D eigenvalue weighted by Crippen LogP contribution is 2.18. The zero-order valence-electron chi connectivity index (χ0n) is 11.6. The maximum atomic E-state index is 11.8. The highest BCUT2D eigenvalue weighted by Gasteiger charge is 2.19. The molecule has 0 aliphatic heterocycles. The second-order valence-corrected chi connectivity index (χ2v) is 4.87. The summed E-state index contributed by atoms with van der Waals surface area (Å²) in [6.45, 7) is 5.87. The molecule has 104 valence electrons. The first-order valence-corrected chi connectivity index (χ1v) is 6.22. The molecule has 5 N–H and O–H groups in total. The number of carbonyl (C=O) groups excluding carboxylic acids is 2. The van der Waals surface area contributed by atoms with E-state index in [0.29, 0.717) is 0 Å². The van der Waals surface area contributed by atoms with E-state index in [1.54, 1.807) is 0 Å². The number of nitrogens with two attached hydrogens (primary N) is 2. The van der Waals surface area contributed by atoms with E-state index in [-0.39, 0.29) is 18.4 Å². The average molecular weight is 263 g/mol. The van der Waals surface area contributed by atoms with Crippen LogP contribution < -0.4 is 16.8 Å². The molecule has 5 nitrogen and oxygen atoms in total. The summed E-state index contributed by atoms with van der Waals surface area (Å²) in [6.07, 6.45) is -0.147. The fourth-order valence-electron chi connectivity index (χ4n) is 1.93. The van der Waals surface area contributed by atoms with E-state index in [4.69, 9.17) is 11.5 Å². The molecule has 0 aliphatic rings. The smallest absolute Gasteiger partial charge is 0.237 e. The summed E-state index contributed by atoms with van der Waals surface area (Å²) >= 11 is 0. The molecule has 2 unspecified atom stereocenters. The molecule has 19 heavy (non-hydrogen) atoms. The number of benzene rings is 1. The lowest BCUT2D eigenvalue weighted by molar-refractivity contribution is -0.126. The van der Waals surface area contributed by atoms with Crippen molar-refractivity contribution in [2.75, 3.05) is 0 Å². The maximum Gasteiger partial charge on any atom is 0.237 e. The normalized spacial score (nSPS) is 13.7. The summed E-state index contributed by atoms with van der Waals surface area (Å²) in [5.74, 6) is -0.950. The molecule has 0 saturated heterocycles. The standard InChI is InChI=1S/C14H21N3O2/c1-8-4-5-9(2)11(6-8)10(3)17-14(19)12(15)7-13(16)18/h4-6,10,12H,7,15H2,1-3H3,(H2,16,18)(H,17,19). The van der Waals surface area contributed by atoms with E-state index in [0.717, 1.165) is 16.7 Å². The van der Waals surface area contributed by atoms with Crippen LogP contribution in [0, 0.1) is 13.8 Å². The van der Waals surface area contributed by atoms with Gasteiger partial charge < -0.3 is 16.8 Å². The van der Waals surface area contributed by atoms with Crippen molar-refractivity contribution < 1.29 is 9.59 Å². The number of aryl methyl sites for hydroxylation is 2. The minimum atomic E-state index is -0.898. The molecule has 0 bridgehead atoms. The fraction of sp³-hybridized carbons (Fsp3) is 0.429. The van der Waals surface area contributed by atoms with E-state index in [1.807, 2.05) is 39.0 Å². The Balaban J connectivity index is 2.73. The predicted molar refractivity (Wildman–Crippen MR) is 74.3 cm³/mol. The van der Waals surface area contributed by atoms with Crippen LogP contribution in [0.2, 0.25) is 0 Å². The largest absolute Gasteiger partial charge is 0.370 e. The van der Waals surface area contributed by atoms with Gasteiger partial charge in [-0.3, -0.25) is 9.59 Å². The van der Waals surface area contributed by atoms with Crippen molar-refractivity contribution >= 4 is 11.8 Å². The first-order valence-electron chi connectivity index (χ1n) is 6.22. The van der Waals surface area contributed by atoms with Crippen LogP contribution in [-0.2, 0) is 9.59 Å². The van der Waals surface area contributed by atoms with Gasteiger partial charge in [-0.05, 0) is 31.9 Å². The van der Waals surface area contributed by atoms with Gasteiger partial charge in [-0.1, -0.05) is 23.8 Å². The second-order valence-electron chi connectivity index (χ2n) is 4.87. The van der Waals surface area contributed by atoms with Crippen molar-refractivity contribution in [2.24, 2.45) is 11.5 Å². The van der Waals surface area contributed by atoms with Crippen molar-refractivity contribution in [1.29, 1.82) is 0 Å². The summed E-state index contributed by atoms with van der Waals surface area (Å²) in [6, 6.07) is 5.00. The monoisotopic (exact) mass is 263 g/mol. The van der Waals surface area contributed by atoms with Gasteiger partial charge in [0.05, 0.1) is 18.5 Å². The lowest BCUT2D eigenvalue weighted by Gasteiger charge is -2.19. The Morgan fingerprint density at radius 1 is 1.32 bits per heavy atom. The number of primary amides is 1. The second kappa shape index (κ2) is 6.33. The van der Waals surface area contributed by atoms with E-state index >= 15 is 0 Å². The van der Waals surface area contributed by atoms with E-state index in [2.05, 4.69) is 5.32 Å². The van der Waals surface area contributed by atoms with Gasteiger partial charge in [-0.2, -0.15) is 0 Å². The first-order chi connectivity index (χ1) is 8.81. The van der Waals surface area contributed by atoms with Gasteiger partial charge in [-0.25, -0.2) is 0 Å². The van der Waals surface area contributed by atoms with Crippen LogP contribution in [0.5, 0.6) is 0 Å². The summed E-state index contributed by atoms with van der Waals surface area (Å²) in [5.41, 5.74) is 13.9. The summed E-state index contributed by atoms with van der Waals surface area (Å²) in [4.78, 5) is 22.5. The molecule has 0 fully saturated rings. The molecule has 0 radical (unpaired) electrons. The number of amides is 2. The number of carbonyl (C=O) groups is 2. The quantitative estimate of drug-likeness (QED) is 0.728. The van der Waals surface area contributed by atoms with Gasteiger partial charge in [0, 0.05) is 0 Å². The molecule has 1 aromatic carbocycles. The molecular formula is C14H21N3O2. The van der Waals surface area contributed by atoms with Crippen LogP contribution in [0.15, 0.2) is 18.2 Å². The molecule has 0 spiro atoms. The summed E-state index contributed by atoms with van der Waals surface area (Å²) in [5, 5.41) is 2.80. The molecule has 1 aromatic rings. The van der Waals surface area contributed by atoms with Crippen LogP contribution in [0.25, 0.3) is 0 Å². The maximum absolute atomic E-state index is 11.8. The molecule has 2 atom stereocenters. The van der Waals surface area contributed by atoms with E-state index in [1.165, 1.54) is 0 Å². The van der Waals surface area contributed by atoms with Gasteiger partial charge in [0.15, 0.2) is 0 Å². The zero-order valence-corrected chi connectivity index (χ0v) is 11.6. The number of nitrogens with one attached hydrogen (secondary N) is 1. The van der Waals surface area contributed by atoms with Crippen molar-refractivity contribution in [2.45, 2.75) is 39.3 Å². The topological polar surface area (TPSA) is 98.2 Å². The van der Waals surface area contributed by atoms with E-state index in [9.17, 15) is 9.59 Å². The minimum Gasteiger partial charge on any atom is -0.370 e. The highest BCUT2D eigenvalue weighted by atomic mass is 16.2. The van der Waals surface area contributed by atoms with Gasteiger partial charge in [0.1, 0.15) is 0 Å². The predicted octanol–water partition coefficient (Wildman–Crippen LogP) is 0.683. The number of hydrogen-bond donors (Lipinski definition) is 3. The molecule has 5 heteroatoms. The van der Waals surface area contributed by atoms with Crippen molar-refractivity contribution in [3.63, 3.8) is 0 Å². The van der Waals surface area contributed by atoms with E-state index < -0.39 is 11.9 Å². The Morgan fingerprint density at radius 2 is 1.95 bits per heavy atom. The lowest BCUT2D eigenvalue weighted by Crippen LogP contribution is -2.43. The van der Waals surface area contributed by atoms with Gasteiger partial charge in [0.2, 0.25) is 11.8 Å². The summed E-state index contributed by atoms with van der Waals surface area (Å²) < 4.78 is 0. The molecule has 0 aromatic heterocycles. The number of rotatable bonds is 5. The van der Waals surface area contributed by atoms with Crippen LogP contribution in [-0.4, -0.2) is 17.9 Å². The van der Waals surface area contributed by atoms with Crippen LogP contribution in [0.4, 0.5) is 0 Å². The molecule has 0 saturated carbocycles. The van der Waals surface area contributed by atoms with Crippen molar-refractivity contribution in [3.05, 3.63) is 34.9 Å². The molecule has 1 rings (SSSR count). The third-order valence-electron chi connectivity index (χ3n) is 3.02. The SMILES string of the molecule is Cc1ccc(C)c(C(C)NC(=O)C(N)CC(N)=O)c1. The molecule has 2 amide bonds. The van der Waals surface area contributed by atoms with Gasteiger partial charge in [0.25, 0.3) is 0 Å². The van der Waals surface area contributed by atoms with Crippen molar-refractivity contribution in [1.82, 2.24) is 5.32 Å². The van der Waals surface area contributed by atoms with Crippen molar-refractivity contribution in [3.8, 4) is 0 Å². The third-order valence-corrected chi connectivity index (χ3v) is 3.02. The van der Waals surface area contributed by atoms with Crippen LogP contribution >= 0.6 is 0 Å². The third kappa shape index (κ3) is 4.37. The van der Waals surface area contributed by atoms with Crippen LogP contribution in [0.3, 0.4) is 0 Å². The Morgan fingerprint density at radius 3 is 2.53 bits per heavy atom. The average Bonchev–Trinajstić information content (AvgIpc) is 2.31. The Labute approximate surface area is 113 Å². The van der Waals surface area contributed by atoms with Gasteiger partial charge in [-0.15, -0.1) is 0 Å². The highest BCUT2D eigenvalue weighted by molar-refractivity contribution is 5.87. The van der Waals surface area contributed by atoms with Crippen LogP contribution in [0.1, 0.15) is 36.1 Å². The van der Waals surface area contributed by atoms with Gasteiger partial charge >= 0.3 is 0 Å². The first kappa shape index (κ1) is 15.2. The zero-order chi connectivity index (χ0) is 14.6. The molecule has 0 heterocycles. The Kier molecular flexibility index (Phi) is 5.06. The Hall–Kier alpha value is -1.88.